The van der Waals surface area contributed by atoms with E-state index in [9.17, 15) is 9.59 Å². The van der Waals surface area contributed by atoms with E-state index in [1.165, 1.54) is 25.0 Å². The molecule has 0 atom stereocenters. The Labute approximate surface area is 215 Å². The molecule has 0 aliphatic carbocycles. The van der Waals surface area contributed by atoms with Crippen LogP contribution in [0.15, 0.2) is 64.2 Å². The average Bonchev–Trinajstić information content (AvgIpc) is 2.82. The number of hydrazone groups is 1. The molecule has 34 heavy (non-hydrogen) atoms. The number of hydrogen-bond donors (Lipinski definition) is 2. The number of halogens is 3. The van der Waals surface area contributed by atoms with Crippen LogP contribution in [0.25, 0.3) is 0 Å². The molecule has 0 aliphatic rings. The number of carbonyl (C=O) groups excluding carboxylic acids is 2. The van der Waals surface area contributed by atoms with Crippen molar-refractivity contribution >= 4 is 62.8 Å². The Bertz CT molecular complexity index is 1230. The van der Waals surface area contributed by atoms with Gasteiger partial charge in [-0.15, -0.1) is 0 Å². The predicted octanol–water partition coefficient (Wildman–Crippen LogP) is 5.74. The first-order valence-electron chi connectivity index (χ1n) is 9.92. The summed E-state index contributed by atoms with van der Waals surface area (Å²) < 4.78 is 12.0. The summed E-state index contributed by atoms with van der Waals surface area (Å²) in [5.41, 5.74) is 5.17. The monoisotopic (exact) mass is 563 g/mol. The molecule has 0 unspecified atom stereocenters. The molecule has 0 radical (unpaired) electrons. The van der Waals surface area contributed by atoms with E-state index < -0.39 is 11.8 Å². The molecule has 7 nitrogen and oxygen atoms in total. The molecular weight excluding hydrogens is 545 g/mol. The number of hydrogen-bond acceptors (Lipinski definition) is 5. The second-order valence-corrected chi connectivity index (χ2v) is 8.70. The zero-order valence-electron chi connectivity index (χ0n) is 18.2. The maximum atomic E-state index is 12.1. The average molecular weight is 565 g/mol. The van der Waals surface area contributed by atoms with E-state index in [1.807, 2.05) is 31.2 Å². The Hall–Kier alpha value is -3.07. The molecule has 3 aromatic rings. The van der Waals surface area contributed by atoms with Crippen LogP contribution < -0.4 is 20.2 Å². The molecule has 10 heteroatoms. The summed E-state index contributed by atoms with van der Waals surface area (Å²) in [6, 6.07) is 16.1. The van der Waals surface area contributed by atoms with Crippen molar-refractivity contribution in [3.8, 4) is 11.5 Å². The van der Waals surface area contributed by atoms with Crippen LogP contribution in [0, 0.1) is 6.92 Å². The fourth-order valence-electron chi connectivity index (χ4n) is 2.79. The van der Waals surface area contributed by atoms with E-state index in [2.05, 4.69) is 31.8 Å². The molecule has 3 rings (SSSR count). The molecule has 0 saturated heterocycles. The molecule has 0 aromatic heterocycles. The molecule has 0 saturated carbocycles. The normalized spacial score (nSPS) is 10.7. The third-order valence-electron chi connectivity index (χ3n) is 4.54. The second kappa shape index (κ2) is 11.9. The lowest BCUT2D eigenvalue weighted by molar-refractivity contribution is -0.136. The summed E-state index contributed by atoms with van der Waals surface area (Å²) in [6.07, 6.45) is 1.37. The van der Waals surface area contributed by atoms with Gasteiger partial charge in [0, 0.05) is 0 Å². The van der Waals surface area contributed by atoms with Crippen LogP contribution in [-0.4, -0.2) is 25.1 Å². The van der Waals surface area contributed by atoms with Crippen LogP contribution in [0.5, 0.6) is 11.5 Å². The number of carbonyl (C=O) groups is 2. The summed E-state index contributed by atoms with van der Waals surface area (Å²) in [5.74, 6) is -0.916. The van der Waals surface area contributed by atoms with Crippen molar-refractivity contribution < 1.29 is 19.1 Å². The zero-order valence-corrected chi connectivity index (χ0v) is 21.3. The van der Waals surface area contributed by atoms with Gasteiger partial charge in [-0.25, -0.2) is 5.43 Å². The lowest BCUT2D eigenvalue weighted by Crippen LogP contribution is -2.32. The first-order valence-corrected chi connectivity index (χ1v) is 11.5. The van der Waals surface area contributed by atoms with Gasteiger partial charge in [-0.1, -0.05) is 59.1 Å². The second-order valence-electron chi connectivity index (χ2n) is 7.06. The summed E-state index contributed by atoms with van der Waals surface area (Å²) in [5, 5.41) is 6.60. The van der Waals surface area contributed by atoms with E-state index in [0.29, 0.717) is 28.1 Å². The van der Waals surface area contributed by atoms with Crippen molar-refractivity contribution in [2.75, 3.05) is 12.4 Å². The first-order chi connectivity index (χ1) is 16.3. The van der Waals surface area contributed by atoms with Crippen LogP contribution in [-0.2, 0) is 16.2 Å². The van der Waals surface area contributed by atoms with E-state index in [-0.39, 0.29) is 15.7 Å². The minimum absolute atomic E-state index is 0.135. The highest BCUT2D eigenvalue weighted by atomic mass is 79.9. The molecule has 0 aliphatic heterocycles. The smallest absolute Gasteiger partial charge is 0.329 e. The van der Waals surface area contributed by atoms with Gasteiger partial charge in [-0.05, 0) is 58.2 Å². The lowest BCUT2D eigenvalue weighted by atomic mass is 10.2. The SMILES string of the molecule is COc1cc(/C=N/NC(=O)C(=O)Nc2cccc(Cl)c2Cl)cc(Br)c1OCc1ccc(C)cc1. The van der Waals surface area contributed by atoms with Crippen LogP contribution in [0.3, 0.4) is 0 Å². The number of benzene rings is 3. The van der Waals surface area contributed by atoms with Crippen molar-refractivity contribution in [1.29, 1.82) is 0 Å². The Morgan fingerprint density at radius 3 is 2.53 bits per heavy atom. The Morgan fingerprint density at radius 1 is 1.09 bits per heavy atom. The number of aryl methyl sites for hydroxylation is 1. The van der Waals surface area contributed by atoms with Crippen LogP contribution in [0.2, 0.25) is 10.0 Å². The highest BCUT2D eigenvalue weighted by molar-refractivity contribution is 9.10. The molecule has 0 bridgehead atoms. The summed E-state index contributed by atoms with van der Waals surface area (Å²) in [7, 11) is 1.52. The fourth-order valence-corrected chi connectivity index (χ4v) is 3.71. The standard InChI is InChI=1S/C24H20BrCl2N3O4/c1-14-6-8-15(9-7-14)13-34-22-17(25)10-16(11-20(22)33-2)12-28-30-24(32)23(31)29-19-5-3-4-18(26)21(19)27/h3-12H,13H2,1-2H3,(H,29,31)(H,30,32)/b28-12+. The molecule has 2 N–H and O–H groups in total. The fraction of sp³-hybridized carbons (Fsp3) is 0.125. The third kappa shape index (κ3) is 6.72. The minimum Gasteiger partial charge on any atom is -0.493 e. The van der Waals surface area contributed by atoms with Crippen LogP contribution >= 0.6 is 39.1 Å². The molecule has 0 heterocycles. The van der Waals surface area contributed by atoms with Crippen molar-refractivity contribution in [2.45, 2.75) is 13.5 Å². The maximum absolute atomic E-state index is 12.1. The van der Waals surface area contributed by atoms with Gasteiger partial charge in [-0.3, -0.25) is 9.59 Å². The van der Waals surface area contributed by atoms with Gasteiger partial charge in [0.1, 0.15) is 6.61 Å². The van der Waals surface area contributed by atoms with Crippen molar-refractivity contribution in [1.82, 2.24) is 5.43 Å². The molecule has 0 fully saturated rings. The molecule has 176 valence electrons. The van der Waals surface area contributed by atoms with E-state index in [0.717, 1.165) is 5.56 Å². The summed E-state index contributed by atoms with van der Waals surface area (Å²) in [4.78, 5) is 24.1. The predicted molar refractivity (Wildman–Crippen MR) is 137 cm³/mol. The number of anilines is 1. The largest absolute Gasteiger partial charge is 0.493 e. The highest BCUT2D eigenvalue weighted by Gasteiger charge is 2.16. The maximum Gasteiger partial charge on any atom is 0.329 e. The van der Waals surface area contributed by atoms with Crippen molar-refractivity contribution in [2.24, 2.45) is 5.10 Å². The number of rotatable bonds is 7. The number of amides is 2. The molecular formula is C24H20BrCl2N3O4. The van der Waals surface area contributed by atoms with Crippen molar-refractivity contribution in [3.63, 3.8) is 0 Å². The van der Waals surface area contributed by atoms with Gasteiger partial charge >= 0.3 is 11.8 Å². The lowest BCUT2D eigenvalue weighted by Gasteiger charge is -2.13. The zero-order chi connectivity index (χ0) is 24.7. The molecule has 2 amide bonds. The number of methoxy groups -OCH3 is 1. The van der Waals surface area contributed by atoms with Crippen LogP contribution in [0.1, 0.15) is 16.7 Å². The number of nitrogens with zero attached hydrogens (tertiary/aromatic N) is 1. The van der Waals surface area contributed by atoms with E-state index in [4.69, 9.17) is 32.7 Å². The minimum atomic E-state index is -0.976. The van der Waals surface area contributed by atoms with E-state index in [1.54, 1.807) is 24.3 Å². The molecule has 3 aromatic carbocycles. The summed E-state index contributed by atoms with van der Waals surface area (Å²) in [6.45, 7) is 2.39. The van der Waals surface area contributed by atoms with Gasteiger partial charge in [0.05, 0.1) is 33.5 Å². The number of nitrogens with one attached hydrogen (secondary N) is 2. The highest BCUT2D eigenvalue weighted by Crippen LogP contribution is 2.37. The Balaban J connectivity index is 1.63. The Morgan fingerprint density at radius 2 is 1.82 bits per heavy atom. The van der Waals surface area contributed by atoms with Gasteiger partial charge in [-0.2, -0.15) is 5.10 Å². The topological polar surface area (TPSA) is 89.0 Å². The Kier molecular flexibility index (Phi) is 8.92. The number of ether oxygens (including phenoxy) is 2. The van der Waals surface area contributed by atoms with Gasteiger partial charge in [0.25, 0.3) is 0 Å². The van der Waals surface area contributed by atoms with Gasteiger partial charge in [0.15, 0.2) is 11.5 Å². The van der Waals surface area contributed by atoms with E-state index >= 15 is 0 Å². The van der Waals surface area contributed by atoms with Gasteiger partial charge < -0.3 is 14.8 Å². The summed E-state index contributed by atoms with van der Waals surface area (Å²) >= 11 is 15.4. The third-order valence-corrected chi connectivity index (χ3v) is 5.95. The van der Waals surface area contributed by atoms with Gasteiger partial charge in [0.2, 0.25) is 0 Å². The quantitative estimate of drug-likeness (QED) is 0.217. The van der Waals surface area contributed by atoms with Crippen molar-refractivity contribution in [3.05, 3.63) is 85.8 Å². The molecule has 0 spiro atoms. The first kappa shape index (κ1) is 25.6. The van der Waals surface area contributed by atoms with Crippen LogP contribution in [0.4, 0.5) is 5.69 Å².